The zero-order valence-corrected chi connectivity index (χ0v) is 11.1. The minimum Gasteiger partial charge on any atom is -0.294 e. The van der Waals surface area contributed by atoms with E-state index in [1.54, 1.807) is 6.20 Å². The fraction of sp³-hybridized carbons (Fsp3) is 0.412. The first-order valence-electron chi connectivity index (χ1n) is 7.24. The SMILES string of the molecule is O=C(c1ccnc2ccccc12)C1CCCCCC1. The number of fused-ring (bicyclic) bond motifs is 1. The fourth-order valence-corrected chi connectivity index (χ4v) is 3.07. The molecule has 0 amide bonds. The molecule has 0 unspecified atom stereocenters. The summed E-state index contributed by atoms with van der Waals surface area (Å²) >= 11 is 0. The van der Waals surface area contributed by atoms with Crippen LogP contribution in [0.1, 0.15) is 48.9 Å². The van der Waals surface area contributed by atoms with Crippen LogP contribution in [0.5, 0.6) is 0 Å². The maximum atomic E-state index is 12.7. The molecule has 1 aliphatic carbocycles. The molecule has 3 rings (SSSR count). The highest BCUT2D eigenvalue weighted by Gasteiger charge is 2.22. The van der Waals surface area contributed by atoms with Crippen molar-refractivity contribution in [3.8, 4) is 0 Å². The van der Waals surface area contributed by atoms with E-state index in [2.05, 4.69) is 4.98 Å². The molecular weight excluding hydrogens is 234 g/mol. The first-order chi connectivity index (χ1) is 9.36. The van der Waals surface area contributed by atoms with Gasteiger partial charge in [0.15, 0.2) is 5.78 Å². The molecule has 2 heteroatoms. The lowest BCUT2D eigenvalue weighted by Gasteiger charge is -2.14. The summed E-state index contributed by atoms with van der Waals surface area (Å²) in [4.78, 5) is 17.1. The number of hydrogen-bond acceptors (Lipinski definition) is 2. The van der Waals surface area contributed by atoms with Gasteiger partial charge in [0.1, 0.15) is 0 Å². The quantitative estimate of drug-likeness (QED) is 0.587. The molecule has 1 aromatic heterocycles. The molecule has 0 radical (unpaired) electrons. The monoisotopic (exact) mass is 253 g/mol. The van der Waals surface area contributed by atoms with Gasteiger partial charge in [-0.15, -0.1) is 0 Å². The number of aromatic nitrogens is 1. The molecule has 1 aromatic carbocycles. The van der Waals surface area contributed by atoms with Crippen LogP contribution in [-0.2, 0) is 0 Å². The average molecular weight is 253 g/mol. The van der Waals surface area contributed by atoms with Gasteiger partial charge in [0.05, 0.1) is 5.52 Å². The highest BCUT2D eigenvalue weighted by molar-refractivity contribution is 6.08. The predicted octanol–water partition coefficient (Wildman–Crippen LogP) is 4.39. The van der Waals surface area contributed by atoms with Crippen LogP contribution < -0.4 is 0 Å². The minimum absolute atomic E-state index is 0.216. The number of nitrogens with zero attached hydrogens (tertiary/aromatic N) is 1. The second-order valence-electron chi connectivity index (χ2n) is 5.43. The van der Waals surface area contributed by atoms with Crippen molar-refractivity contribution in [2.75, 3.05) is 0 Å². The number of Topliss-reactive ketones (excluding diaryl/α,β-unsaturated/α-hetero) is 1. The van der Waals surface area contributed by atoms with Crippen LogP contribution in [0.25, 0.3) is 10.9 Å². The van der Waals surface area contributed by atoms with E-state index in [1.807, 2.05) is 30.3 Å². The van der Waals surface area contributed by atoms with Gasteiger partial charge in [0.2, 0.25) is 0 Å². The number of hydrogen-bond donors (Lipinski definition) is 0. The Balaban J connectivity index is 1.96. The lowest BCUT2D eigenvalue weighted by Crippen LogP contribution is -2.14. The zero-order chi connectivity index (χ0) is 13.1. The van der Waals surface area contributed by atoms with Crippen molar-refractivity contribution < 1.29 is 4.79 Å². The number of ketones is 1. The Kier molecular flexibility index (Phi) is 3.58. The summed E-state index contributed by atoms with van der Waals surface area (Å²) in [6.07, 6.45) is 8.80. The maximum Gasteiger partial charge on any atom is 0.166 e. The molecule has 2 aromatic rings. The number of carbonyl (C=O) groups excluding carboxylic acids is 1. The number of benzene rings is 1. The standard InChI is InChI=1S/C17H19NO/c19-17(13-7-3-1-2-4-8-13)15-11-12-18-16-10-6-5-9-14(15)16/h5-6,9-13H,1-4,7-8H2. The van der Waals surface area contributed by atoms with Crippen molar-refractivity contribution in [2.45, 2.75) is 38.5 Å². The van der Waals surface area contributed by atoms with E-state index in [0.29, 0.717) is 5.78 Å². The molecule has 0 aliphatic heterocycles. The molecule has 0 saturated heterocycles. The third-order valence-electron chi connectivity index (χ3n) is 4.14. The van der Waals surface area contributed by atoms with Gasteiger partial charge < -0.3 is 0 Å². The summed E-state index contributed by atoms with van der Waals surface area (Å²) in [7, 11) is 0. The lowest BCUT2D eigenvalue weighted by atomic mass is 9.90. The highest BCUT2D eigenvalue weighted by atomic mass is 16.1. The van der Waals surface area contributed by atoms with E-state index in [-0.39, 0.29) is 5.92 Å². The summed E-state index contributed by atoms with van der Waals surface area (Å²) < 4.78 is 0. The maximum absolute atomic E-state index is 12.7. The van der Waals surface area contributed by atoms with E-state index in [9.17, 15) is 4.79 Å². The van der Waals surface area contributed by atoms with E-state index < -0.39 is 0 Å². The van der Waals surface area contributed by atoms with Gasteiger partial charge in [-0.1, -0.05) is 43.9 Å². The summed E-state index contributed by atoms with van der Waals surface area (Å²) in [5, 5.41) is 0.999. The van der Waals surface area contributed by atoms with Crippen LogP contribution in [0, 0.1) is 5.92 Å². The second-order valence-corrected chi connectivity index (χ2v) is 5.43. The van der Waals surface area contributed by atoms with Gasteiger partial charge in [-0.3, -0.25) is 9.78 Å². The predicted molar refractivity (Wildman–Crippen MR) is 77.3 cm³/mol. The van der Waals surface area contributed by atoms with Crippen molar-refractivity contribution in [1.82, 2.24) is 4.98 Å². The van der Waals surface area contributed by atoms with Crippen LogP contribution in [0.15, 0.2) is 36.5 Å². The van der Waals surface area contributed by atoms with Crippen molar-refractivity contribution in [2.24, 2.45) is 5.92 Å². The molecular formula is C17H19NO. The van der Waals surface area contributed by atoms with Crippen LogP contribution >= 0.6 is 0 Å². The molecule has 1 aliphatic rings. The van der Waals surface area contributed by atoms with Gasteiger partial charge in [-0.2, -0.15) is 0 Å². The normalized spacial score (nSPS) is 17.3. The molecule has 19 heavy (non-hydrogen) atoms. The van der Waals surface area contributed by atoms with Crippen molar-refractivity contribution >= 4 is 16.7 Å². The lowest BCUT2D eigenvalue weighted by molar-refractivity contribution is 0.0909. The number of para-hydroxylation sites is 1. The summed E-state index contributed by atoms with van der Waals surface area (Å²) in [6.45, 7) is 0. The molecule has 1 fully saturated rings. The summed E-state index contributed by atoms with van der Waals surface area (Å²) in [6, 6.07) is 9.81. The number of pyridine rings is 1. The van der Waals surface area contributed by atoms with E-state index in [0.717, 1.165) is 29.3 Å². The smallest absolute Gasteiger partial charge is 0.166 e. The molecule has 0 bridgehead atoms. The number of carbonyl (C=O) groups is 1. The number of rotatable bonds is 2. The summed E-state index contributed by atoms with van der Waals surface area (Å²) in [5.74, 6) is 0.536. The van der Waals surface area contributed by atoms with Gasteiger partial charge in [-0.25, -0.2) is 0 Å². The Morgan fingerprint density at radius 2 is 1.74 bits per heavy atom. The molecule has 98 valence electrons. The van der Waals surface area contributed by atoms with Gasteiger partial charge in [-0.05, 0) is 25.0 Å². The average Bonchev–Trinajstić information content (AvgIpc) is 2.75. The molecule has 0 spiro atoms. The second kappa shape index (κ2) is 5.52. The van der Waals surface area contributed by atoms with Gasteiger partial charge in [0.25, 0.3) is 0 Å². The fourth-order valence-electron chi connectivity index (χ4n) is 3.07. The summed E-state index contributed by atoms with van der Waals surface area (Å²) in [5.41, 5.74) is 1.78. The largest absolute Gasteiger partial charge is 0.294 e. The Hall–Kier alpha value is -1.70. The van der Waals surface area contributed by atoms with E-state index in [1.165, 1.54) is 25.7 Å². The molecule has 0 N–H and O–H groups in total. The van der Waals surface area contributed by atoms with E-state index in [4.69, 9.17) is 0 Å². The van der Waals surface area contributed by atoms with Crippen LogP contribution in [0.2, 0.25) is 0 Å². The molecule has 1 heterocycles. The molecule has 2 nitrogen and oxygen atoms in total. The van der Waals surface area contributed by atoms with Crippen LogP contribution in [-0.4, -0.2) is 10.8 Å². The Morgan fingerprint density at radius 3 is 2.53 bits per heavy atom. The Labute approximate surface area is 113 Å². The van der Waals surface area contributed by atoms with Crippen LogP contribution in [0.4, 0.5) is 0 Å². The van der Waals surface area contributed by atoms with Gasteiger partial charge >= 0.3 is 0 Å². The van der Waals surface area contributed by atoms with Gasteiger partial charge in [0, 0.05) is 23.1 Å². The molecule has 0 atom stereocenters. The van der Waals surface area contributed by atoms with Crippen molar-refractivity contribution in [3.63, 3.8) is 0 Å². The van der Waals surface area contributed by atoms with Crippen molar-refractivity contribution in [3.05, 3.63) is 42.1 Å². The van der Waals surface area contributed by atoms with Crippen LogP contribution in [0.3, 0.4) is 0 Å². The van der Waals surface area contributed by atoms with E-state index >= 15 is 0 Å². The first kappa shape index (κ1) is 12.3. The Bertz CT molecular complexity index is 577. The topological polar surface area (TPSA) is 30.0 Å². The third-order valence-corrected chi connectivity index (χ3v) is 4.14. The van der Waals surface area contributed by atoms with Crippen molar-refractivity contribution in [1.29, 1.82) is 0 Å². The third kappa shape index (κ3) is 2.53. The zero-order valence-electron chi connectivity index (χ0n) is 11.1. The minimum atomic E-state index is 0.216. The first-order valence-corrected chi connectivity index (χ1v) is 7.24. The molecule has 1 saturated carbocycles. The Morgan fingerprint density at radius 1 is 1.00 bits per heavy atom. The highest BCUT2D eigenvalue weighted by Crippen LogP contribution is 2.28.